The Hall–Kier alpha value is -3.00. The molecule has 1 N–H and O–H groups in total. The molecular formula is C21H12Cl2N2O4S. The van der Waals surface area contributed by atoms with Crippen molar-refractivity contribution < 1.29 is 18.8 Å². The summed E-state index contributed by atoms with van der Waals surface area (Å²) in [6, 6.07) is 16.4. The first kappa shape index (κ1) is 20.3. The average molecular weight is 459 g/mol. The van der Waals surface area contributed by atoms with Crippen LogP contribution in [0.25, 0.3) is 6.08 Å². The molecular weight excluding hydrogens is 447 g/mol. The molecule has 0 bridgehead atoms. The second kappa shape index (κ2) is 8.39. The van der Waals surface area contributed by atoms with Crippen LogP contribution in [0.3, 0.4) is 0 Å². The first-order valence-electron chi connectivity index (χ1n) is 8.61. The molecule has 0 saturated carbocycles. The van der Waals surface area contributed by atoms with Crippen LogP contribution < -0.4 is 10.2 Å². The van der Waals surface area contributed by atoms with E-state index in [0.717, 1.165) is 9.80 Å². The molecule has 4 amide bonds. The Morgan fingerprint density at radius 2 is 1.73 bits per heavy atom. The lowest BCUT2D eigenvalue weighted by atomic mass is 10.1. The summed E-state index contributed by atoms with van der Waals surface area (Å²) in [5.74, 6) is -1.34. The van der Waals surface area contributed by atoms with E-state index in [4.69, 9.17) is 27.6 Å². The lowest BCUT2D eigenvalue weighted by molar-refractivity contribution is -0.122. The highest BCUT2D eigenvalue weighted by atomic mass is 35.5. The molecule has 2 heterocycles. The smallest absolute Gasteiger partial charge is 0.335 e. The fourth-order valence-electron chi connectivity index (χ4n) is 2.75. The van der Waals surface area contributed by atoms with E-state index < -0.39 is 17.8 Å². The largest absolute Gasteiger partial charge is 0.450 e. The number of hydrogen-bond acceptors (Lipinski definition) is 5. The van der Waals surface area contributed by atoms with Gasteiger partial charge in [0.2, 0.25) is 0 Å². The zero-order chi connectivity index (χ0) is 21.3. The third kappa shape index (κ3) is 4.14. The van der Waals surface area contributed by atoms with Gasteiger partial charge in [-0.05, 0) is 48.5 Å². The minimum atomic E-state index is -0.897. The Balaban J connectivity index is 1.63. The van der Waals surface area contributed by atoms with Gasteiger partial charge in [-0.15, -0.1) is 0 Å². The van der Waals surface area contributed by atoms with Gasteiger partial charge < -0.3 is 4.42 Å². The molecule has 30 heavy (non-hydrogen) atoms. The van der Waals surface area contributed by atoms with E-state index in [2.05, 4.69) is 5.32 Å². The van der Waals surface area contributed by atoms with Crippen molar-refractivity contribution in [3.63, 3.8) is 0 Å². The summed E-state index contributed by atoms with van der Waals surface area (Å²) < 4.78 is 5.70. The van der Waals surface area contributed by atoms with Crippen LogP contribution in [0.4, 0.5) is 10.5 Å². The van der Waals surface area contributed by atoms with Crippen molar-refractivity contribution in [2.75, 3.05) is 4.90 Å². The molecule has 6 nitrogen and oxygen atoms in total. The van der Waals surface area contributed by atoms with Gasteiger partial charge in [0.15, 0.2) is 5.09 Å². The van der Waals surface area contributed by atoms with E-state index in [1.165, 1.54) is 36.0 Å². The first-order valence-corrected chi connectivity index (χ1v) is 10.2. The Labute approximate surface area is 185 Å². The standard InChI is InChI=1S/C21H12Cl2N2O4S/c22-12-6-8-17(16(23)10-12)25-20(27)15(19(26)24-21(25)28)11-13-7-9-18(29-13)30-14-4-2-1-3-5-14/h1-11H,(H,24,26,28)/b15-11+. The van der Waals surface area contributed by atoms with E-state index in [-0.39, 0.29) is 16.3 Å². The molecule has 1 aromatic heterocycles. The SMILES string of the molecule is O=C1NC(=O)N(c2ccc(Cl)cc2Cl)C(=O)/C1=C/c1ccc(Sc2ccccc2)o1. The van der Waals surface area contributed by atoms with Crippen molar-refractivity contribution in [1.29, 1.82) is 0 Å². The van der Waals surface area contributed by atoms with Crippen LogP contribution in [-0.4, -0.2) is 17.8 Å². The number of halogens is 2. The number of nitrogens with one attached hydrogen (secondary N) is 1. The number of nitrogens with zero attached hydrogens (tertiary/aromatic N) is 1. The zero-order valence-corrected chi connectivity index (χ0v) is 17.4. The predicted octanol–water partition coefficient (Wildman–Crippen LogP) is 5.40. The second-order valence-corrected chi connectivity index (χ2v) is 8.05. The van der Waals surface area contributed by atoms with Crippen LogP contribution in [0, 0.1) is 0 Å². The number of barbiturate groups is 1. The van der Waals surface area contributed by atoms with E-state index in [1.54, 1.807) is 12.1 Å². The number of amides is 4. The molecule has 0 radical (unpaired) electrons. The van der Waals surface area contributed by atoms with E-state index >= 15 is 0 Å². The van der Waals surface area contributed by atoms with Gasteiger partial charge in [-0.3, -0.25) is 14.9 Å². The van der Waals surface area contributed by atoms with Crippen molar-refractivity contribution in [3.05, 3.63) is 82.0 Å². The number of rotatable bonds is 4. The number of furan rings is 1. The van der Waals surface area contributed by atoms with Crippen LogP contribution in [0.1, 0.15) is 5.76 Å². The summed E-state index contributed by atoms with van der Waals surface area (Å²) in [5.41, 5.74) is -0.145. The lowest BCUT2D eigenvalue weighted by Crippen LogP contribution is -2.54. The minimum absolute atomic E-state index is 0.0965. The van der Waals surface area contributed by atoms with Gasteiger partial charge in [-0.1, -0.05) is 53.2 Å². The zero-order valence-electron chi connectivity index (χ0n) is 15.1. The van der Waals surface area contributed by atoms with Gasteiger partial charge in [-0.2, -0.15) is 0 Å². The molecule has 0 atom stereocenters. The van der Waals surface area contributed by atoms with Crippen LogP contribution in [0.5, 0.6) is 0 Å². The number of anilines is 1. The number of benzene rings is 2. The molecule has 3 aromatic rings. The van der Waals surface area contributed by atoms with Crippen molar-refractivity contribution in [3.8, 4) is 0 Å². The van der Waals surface area contributed by atoms with Gasteiger partial charge in [0.05, 0.1) is 10.7 Å². The Bertz CT molecular complexity index is 1190. The van der Waals surface area contributed by atoms with Crippen molar-refractivity contribution in [2.24, 2.45) is 0 Å². The van der Waals surface area contributed by atoms with Gasteiger partial charge in [-0.25, -0.2) is 9.69 Å². The van der Waals surface area contributed by atoms with Crippen molar-refractivity contribution >= 4 is 64.6 Å². The van der Waals surface area contributed by atoms with Crippen LogP contribution in [0.2, 0.25) is 10.0 Å². The molecule has 1 saturated heterocycles. The molecule has 0 aliphatic carbocycles. The maximum absolute atomic E-state index is 12.9. The van der Waals surface area contributed by atoms with Gasteiger partial charge in [0.25, 0.3) is 11.8 Å². The van der Waals surface area contributed by atoms with Gasteiger partial charge in [0.1, 0.15) is 11.3 Å². The van der Waals surface area contributed by atoms with Crippen molar-refractivity contribution in [1.82, 2.24) is 5.32 Å². The molecule has 4 rings (SSSR count). The molecule has 2 aromatic carbocycles. The fraction of sp³-hybridized carbons (Fsp3) is 0. The first-order chi connectivity index (χ1) is 14.4. The summed E-state index contributed by atoms with van der Waals surface area (Å²) in [5, 5.41) is 3.17. The Morgan fingerprint density at radius 3 is 2.47 bits per heavy atom. The topological polar surface area (TPSA) is 79.6 Å². The highest BCUT2D eigenvalue weighted by molar-refractivity contribution is 7.99. The maximum atomic E-state index is 12.9. The average Bonchev–Trinajstić information content (AvgIpc) is 3.14. The summed E-state index contributed by atoms with van der Waals surface area (Å²) in [7, 11) is 0. The summed E-state index contributed by atoms with van der Waals surface area (Å²) in [6.45, 7) is 0. The second-order valence-electron chi connectivity index (χ2n) is 6.13. The van der Waals surface area contributed by atoms with Gasteiger partial charge >= 0.3 is 6.03 Å². The fourth-order valence-corrected chi connectivity index (χ4v) is 4.05. The molecule has 9 heteroatoms. The van der Waals surface area contributed by atoms with Crippen molar-refractivity contribution in [2.45, 2.75) is 9.99 Å². The molecule has 0 spiro atoms. The number of imide groups is 2. The summed E-state index contributed by atoms with van der Waals surface area (Å²) in [4.78, 5) is 39.3. The quantitative estimate of drug-likeness (QED) is 0.417. The molecule has 1 aliphatic heterocycles. The maximum Gasteiger partial charge on any atom is 0.335 e. The molecule has 150 valence electrons. The number of carbonyl (C=O) groups excluding carboxylic acids is 3. The highest BCUT2D eigenvalue weighted by Crippen LogP contribution is 2.32. The lowest BCUT2D eigenvalue weighted by Gasteiger charge is -2.26. The van der Waals surface area contributed by atoms with E-state index in [1.807, 2.05) is 30.3 Å². The van der Waals surface area contributed by atoms with E-state index in [9.17, 15) is 14.4 Å². The number of carbonyl (C=O) groups is 3. The molecule has 0 unspecified atom stereocenters. The molecule has 1 fully saturated rings. The van der Waals surface area contributed by atoms with Crippen LogP contribution in [0.15, 0.2) is 80.6 Å². The third-order valence-corrected chi connectivity index (χ3v) is 5.57. The normalized spacial score (nSPS) is 15.6. The highest BCUT2D eigenvalue weighted by Gasteiger charge is 2.38. The van der Waals surface area contributed by atoms with Crippen LogP contribution >= 0.6 is 35.0 Å². The Morgan fingerprint density at radius 1 is 0.967 bits per heavy atom. The van der Waals surface area contributed by atoms with Crippen LogP contribution in [-0.2, 0) is 9.59 Å². The van der Waals surface area contributed by atoms with E-state index in [0.29, 0.717) is 15.9 Å². The minimum Gasteiger partial charge on any atom is -0.450 e. The third-order valence-electron chi connectivity index (χ3n) is 4.10. The predicted molar refractivity (Wildman–Crippen MR) is 115 cm³/mol. The van der Waals surface area contributed by atoms with Gasteiger partial charge in [0, 0.05) is 9.92 Å². The summed E-state index contributed by atoms with van der Waals surface area (Å²) >= 11 is 13.4. The Kier molecular flexibility index (Phi) is 5.67. The number of urea groups is 1. The molecule has 1 aliphatic rings. The number of hydrogen-bond donors (Lipinski definition) is 1. The summed E-state index contributed by atoms with van der Waals surface area (Å²) in [6.07, 6.45) is 1.29. The monoisotopic (exact) mass is 458 g/mol.